The molecule has 1 heterocycles. The van der Waals surface area contributed by atoms with Crippen molar-refractivity contribution in [2.24, 2.45) is 5.41 Å². The van der Waals surface area contributed by atoms with E-state index in [0.29, 0.717) is 17.6 Å². The zero-order valence-corrected chi connectivity index (χ0v) is 18.8. The van der Waals surface area contributed by atoms with Gasteiger partial charge >= 0.3 is 5.97 Å². The Hall–Kier alpha value is -1.88. The van der Waals surface area contributed by atoms with Gasteiger partial charge in [0, 0.05) is 33.8 Å². The molecule has 2 aliphatic rings. The molecule has 1 aromatic carbocycles. The van der Waals surface area contributed by atoms with Crippen molar-refractivity contribution in [3.8, 4) is 0 Å². The highest BCUT2D eigenvalue weighted by atomic mass is 79.9. The van der Waals surface area contributed by atoms with E-state index in [-0.39, 0.29) is 23.3 Å². The van der Waals surface area contributed by atoms with Crippen LogP contribution in [0.2, 0.25) is 0 Å². The van der Waals surface area contributed by atoms with Crippen LogP contribution in [0.3, 0.4) is 0 Å². The number of ketones is 1. The molecule has 0 radical (unpaired) electrons. The molecule has 0 fully saturated rings. The summed E-state index contributed by atoms with van der Waals surface area (Å²) in [6.45, 7) is 9.98. The Balaban J connectivity index is 2.16. The average molecular weight is 446 g/mol. The molecular formula is C23H28BrNO3. The third-order valence-electron chi connectivity index (χ3n) is 5.56. The SMILES string of the molecule is CC[C@@H](C)OC(=O)C1=C(C)NC2=C(C(=O)CC(C)(C)C2)[C@@H]1c1ccccc1Br. The van der Waals surface area contributed by atoms with E-state index in [9.17, 15) is 9.59 Å². The highest BCUT2D eigenvalue weighted by Gasteiger charge is 2.43. The molecule has 0 aromatic heterocycles. The molecule has 0 amide bonds. The number of benzene rings is 1. The summed E-state index contributed by atoms with van der Waals surface area (Å²) < 4.78 is 6.55. The van der Waals surface area contributed by atoms with Gasteiger partial charge in [0.15, 0.2) is 5.78 Å². The third kappa shape index (κ3) is 3.95. The Morgan fingerprint density at radius 1 is 1.32 bits per heavy atom. The van der Waals surface area contributed by atoms with Gasteiger partial charge in [-0.1, -0.05) is 54.9 Å². The summed E-state index contributed by atoms with van der Waals surface area (Å²) in [5.74, 6) is -0.683. The maximum absolute atomic E-state index is 13.2. The van der Waals surface area contributed by atoms with Gasteiger partial charge in [-0.2, -0.15) is 0 Å². The van der Waals surface area contributed by atoms with Crippen molar-refractivity contribution in [1.82, 2.24) is 5.32 Å². The summed E-state index contributed by atoms with van der Waals surface area (Å²) in [5, 5.41) is 3.37. The number of dihydropyridines is 1. The van der Waals surface area contributed by atoms with Crippen molar-refractivity contribution in [1.29, 1.82) is 0 Å². The van der Waals surface area contributed by atoms with Crippen LogP contribution in [0.5, 0.6) is 0 Å². The van der Waals surface area contributed by atoms with E-state index in [2.05, 4.69) is 35.1 Å². The molecule has 0 bridgehead atoms. The van der Waals surface area contributed by atoms with Gasteiger partial charge < -0.3 is 10.1 Å². The van der Waals surface area contributed by atoms with Crippen molar-refractivity contribution in [2.45, 2.75) is 65.9 Å². The standard InChI is InChI=1S/C23H28BrNO3/c1-6-13(2)28-22(27)19-14(3)25-17-11-23(4,5)12-18(26)21(17)20(19)15-9-7-8-10-16(15)24/h7-10,13,20,25H,6,11-12H2,1-5H3/t13-,20-/m1/s1. The zero-order valence-electron chi connectivity index (χ0n) is 17.2. The van der Waals surface area contributed by atoms with Crippen molar-refractivity contribution >= 4 is 27.7 Å². The lowest BCUT2D eigenvalue weighted by molar-refractivity contribution is -0.144. The number of nitrogens with one attached hydrogen (secondary N) is 1. The topological polar surface area (TPSA) is 55.4 Å². The Morgan fingerprint density at radius 2 is 2.00 bits per heavy atom. The van der Waals surface area contributed by atoms with Crippen molar-refractivity contribution in [3.05, 3.63) is 56.8 Å². The summed E-state index contributed by atoms with van der Waals surface area (Å²) in [6.07, 6.45) is 1.82. The Kier molecular flexibility index (Phi) is 5.85. The first kappa shape index (κ1) is 20.8. The highest BCUT2D eigenvalue weighted by Crippen LogP contribution is 2.48. The van der Waals surface area contributed by atoms with E-state index in [1.54, 1.807) is 0 Å². The maximum atomic E-state index is 13.2. The lowest BCUT2D eigenvalue weighted by Crippen LogP contribution is -2.39. The van der Waals surface area contributed by atoms with E-state index in [1.165, 1.54) is 0 Å². The van der Waals surface area contributed by atoms with E-state index in [4.69, 9.17) is 4.74 Å². The van der Waals surface area contributed by atoms with Crippen molar-refractivity contribution < 1.29 is 14.3 Å². The summed E-state index contributed by atoms with van der Waals surface area (Å²) in [5.41, 5.74) is 3.74. The molecule has 2 atom stereocenters. The molecule has 1 N–H and O–H groups in total. The van der Waals surface area contributed by atoms with Crippen LogP contribution in [0.15, 0.2) is 51.3 Å². The Labute approximate surface area is 175 Å². The number of hydrogen-bond donors (Lipinski definition) is 1. The molecule has 0 saturated carbocycles. The molecule has 5 heteroatoms. The number of rotatable bonds is 4. The van der Waals surface area contributed by atoms with Gasteiger partial charge in [0.1, 0.15) is 0 Å². The van der Waals surface area contributed by atoms with E-state index >= 15 is 0 Å². The summed E-state index contributed by atoms with van der Waals surface area (Å²) in [7, 11) is 0. The molecule has 0 spiro atoms. The molecule has 28 heavy (non-hydrogen) atoms. The predicted octanol–water partition coefficient (Wildman–Crippen LogP) is 5.39. The normalized spacial score (nSPS) is 22.5. The van der Waals surface area contributed by atoms with Crippen LogP contribution >= 0.6 is 15.9 Å². The van der Waals surface area contributed by atoms with E-state index in [1.807, 2.05) is 45.0 Å². The van der Waals surface area contributed by atoms with Crippen LogP contribution in [0.25, 0.3) is 0 Å². The molecule has 0 unspecified atom stereocenters. The predicted molar refractivity (Wildman–Crippen MR) is 114 cm³/mol. The number of ether oxygens (including phenoxy) is 1. The quantitative estimate of drug-likeness (QED) is 0.630. The fraction of sp³-hybridized carbons (Fsp3) is 0.478. The smallest absolute Gasteiger partial charge is 0.337 e. The second kappa shape index (κ2) is 7.86. The number of carbonyl (C=O) groups is 2. The van der Waals surface area contributed by atoms with Crippen LogP contribution < -0.4 is 5.32 Å². The number of carbonyl (C=O) groups excluding carboxylic acids is 2. The largest absolute Gasteiger partial charge is 0.459 e. The fourth-order valence-corrected chi connectivity index (χ4v) is 4.57. The average Bonchev–Trinajstić information content (AvgIpc) is 2.59. The van der Waals surface area contributed by atoms with Gasteiger partial charge in [0.2, 0.25) is 0 Å². The van der Waals surface area contributed by atoms with Crippen LogP contribution in [0.4, 0.5) is 0 Å². The maximum Gasteiger partial charge on any atom is 0.337 e. The molecule has 150 valence electrons. The first-order valence-electron chi connectivity index (χ1n) is 9.84. The van der Waals surface area contributed by atoms with Gasteiger partial charge in [0.05, 0.1) is 11.7 Å². The van der Waals surface area contributed by atoms with Gasteiger partial charge in [-0.3, -0.25) is 4.79 Å². The lowest BCUT2D eigenvalue weighted by Gasteiger charge is -2.39. The minimum absolute atomic E-state index is 0.0980. The molecule has 4 nitrogen and oxygen atoms in total. The minimum atomic E-state index is -0.424. The number of esters is 1. The first-order valence-corrected chi connectivity index (χ1v) is 10.6. The number of hydrogen-bond acceptors (Lipinski definition) is 4. The molecule has 0 saturated heterocycles. The molecule has 1 aromatic rings. The Bertz CT molecular complexity index is 882. The summed E-state index contributed by atoms with van der Waals surface area (Å²) in [4.78, 5) is 26.3. The summed E-state index contributed by atoms with van der Waals surface area (Å²) in [6, 6.07) is 7.79. The number of halogens is 1. The highest BCUT2D eigenvalue weighted by molar-refractivity contribution is 9.10. The number of Topliss-reactive ketones (excluding diaryl/α,β-unsaturated/α-hetero) is 1. The fourth-order valence-electron chi connectivity index (χ4n) is 4.06. The molecular weight excluding hydrogens is 418 g/mol. The van der Waals surface area contributed by atoms with Crippen LogP contribution in [-0.4, -0.2) is 17.9 Å². The molecule has 3 rings (SSSR count). The van der Waals surface area contributed by atoms with Crippen molar-refractivity contribution in [3.63, 3.8) is 0 Å². The summed E-state index contributed by atoms with van der Waals surface area (Å²) >= 11 is 3.62. The van der Waals surface area contributed by atoms with E-state index in [0.717, 1.165) is 34.3 Å². The monoisotopic (exact) mass is 445 g/mol. The van der Waals surface area contributed by atoms with Gasteiger partial charge in [-0.25, -0.2) is 4.79 Å². The van der Waals surface area contributed by atoms with Crippen LogP contribution in [-0.2, 0) is 14.3 Å². The lowest BCUT2D eigenvalue weighted by atomic mass is 9.68. The Morgan fingerprint density at radius 3 is 2.64 bits per heavy atom. The van der Waals surface area contributed by atoms with Gasteiger partial charge in [0.25, 0.3) is 0 Å². The zero-order chi connectivity index (χ0) is 20.6. The van der Waals surface area contributed by atoms with Gasteiger partial charge in [-0.15, -0.1) is 0 Å². The van der Waals surface area contributed by atoms with Crippen LogP contribution in [0, 0.1) is 5.41 Å². The second-order valence-electron chi connectivity index (χ2n) is 8.58. The van der Waals surface area contributed by atoms with Gasteiger partial charge in [-0.05, 0) is 43.7 Å². The van der Waals surface area contributed by atoms with Crippen molar-refractivity contribution in [2.75, 3.05) is 0 Å². The number of allylic oxidation sites excluding steroid dienone is 3. The molecule has 1 aliphatic carbocycles. The van der Waals surface area contributed by atoms with Crippen LogP contribution in [0.1, 0.15) is 65.4 Å². The minimum Gasteiger partial charge on any atom is -0.459 e. The molecule has 1 aliphatic heterocycles. The first-order chi connectivity index (χ1) is 13.1. The van der Waals surface area contributed by atoms with E-state index < -0.39 is 5.92 Å². The third-order valence-corrected chi connectivity index (χ3v) is 6.28. The second-order valence-corrected chi connectivity index (χ2v) is 9.43.